The second-order valence-corrected chi connectivity index (χ2v) is 6.88. The molecule has 1 aromatic carbocycles. The highest BCUT2D eigenvalue weighted by atomic mass is 32.1. The summed E-state index contributed by atoms with van der Waals surface area (Å²) in [5, 5.41) is 2.95. The fourth-order valence-electron chi connectivity index (χ4n) is 2.42. The van der Waals surface area contributed by atoms with E-state index in [-0.39, 0.29) is 5.91 Å². The van der Waals surface area contributed by atoms with E-state index in [1.807, 2.05) is 29.3 Å². The average molecular weight is 346 g/mol. The predicted molar refractivity (Wildman–Crippen MR) is 98.4 cm³/mol. The summed E-state index contributed by atoms with van der Waals surface area (Å²) >= 11 is 1.58. The molecule has 2 aromatic rings. The standard InChI is InChI=1S/C19H26N2O2S/c1-5-9-21(19(22)6-2)11-16-13-24-18(20-16)12-23-17-8-7-14(3)15(4)10-17/h7-8,10,13H,5-6,9,11-12H2,1-4H3. The molecule has 4 nitrogen and oxygen atoms in total. The van der Waals surface area contributed by atoms with Crippen LogP contribution >= 0.6 is 11.3 Å². The first kappa shape index (κ1) is 18.5. The number of aryl methyl sites for hydroxylation is 2. The molecule has 24 heavy (non-hydrogen) atoms. The highest BCUT2D eigenvalue weighted by Crippen LogP contribution is 2.19. The van der Waals surface area contributed by atoms with E-state index in [1.165, 1.54) is 11.1 Å². The minimum Gasteiger partial charge on any atom is -0.486 e. The van der Waals surface area contributed by atoms with Crippen molar-refractivity contribution in [3.8, 4) is 5.75 Å². The number of hydrogen-bond acceptors (Lipinski definition) is 4. The summed E-state index contributed by atoms with van der Waals surface area (Å²) < 4.78 is 5.83. The molecule has 0 aliphatic rings. The van der Waals surface area contributed by atoms with Gasteiger partial charge in [-0.25, -0.2) is 4.98 Å². The smallest absolute Gasteiger partial charge is 0.222 e. The Kier molecular flexibility index (Phi) is 6.79. The zero-order valence-electron chi connectivity index (χ0n) is 15.0. The Hall–Kier alpha value is -1.88. The number of rotatable bonds is 8. The van der Waals surface area contributed by atoms with Gasteiger partial charge in [0.25, 0.3) is 0 Å². The normalized spacial score (nSPS) is 10.7. The SMILES string of the molecule is CCCN(Cc1csc(COc2ccc(C)c(C)c2)n1)C(=O)CC. The van der Waals surface area contributed by atoms with Crippen molar-refractivity contribution in [3.63, 3.8) is 0 Å². The van der Waals surface area contributed by atoms with Gasteiger partial charge in [0, 0.05) is 18.3 Å². The molecule has 5 heteroatoms. The Morgan fingerprint density at radius 1 is 1.25 bits per heavy atom. The molecule has 130 valence electrons. The van der Waals surface area contributed by atoms with Gasteiger partial charge in [0.2, 0.25) is 5.91 Å². The van der Waals surface area contributed by atoms with Crippen molar-refractivity contribution in [2.45, 2.75) is 53.7 Å². The summed E-state index contributed by atoms with van der Waals surface area (Å²) in [5.41, 5.74) is 3.42. The molecule has 0 aliphatic carbocycles. The molecule has 2 rings (SSSR count). The van der Waals surface area contributed by atoms with E-state index in [0.29, 0.717) is 19.6 Å². The van der Waals surface area contributed by atoms with Crippen molar-refractivity contribution in [1.29, 1.82) is 0 Å². The maximum atomic E-state index is 12.0. The van der Waals surface area contributed by atoms with E-state index in [4.69, 9.17) is 4.74 Å². The molecule has 0 radical (unpaired) electrons. The molecule has 0 bridgehead atoms. The Morgan fingerprint density at radius 2 is 2.04 bits per heavy atom. The topological polar surface area (TPSA) is 42.4 Å². The van der Waals surface area contributed by atoms with E-state index < -0.39 is 0 Å². The Balaban J connectivity index is 1.94. The van der Waals surface area contributed by atoms with Gasteiger partial charge in [0.1, 0.15) is 17.4 Å². The highest BCUT2D eigenvalue weighted by molar-refractivity contribution is 7.09. The van der Waals surface area contributed by atoms with Gasteiger partial charge < -0.3 is 9.64 Å². The number of ether oxygens (including phenoxy) is 1. The molecule has 0 spiro atoms. The van der Waals surface area contributed by atoms with Crippen molar-refractivity contribution in [2.24, 2.45) is 0 Å². The third-order valence-electron chi connectivity index (χ3n) is 3.94. The number of thiazole rings is 1. The zero-order valence-corrected chi connectivity index (χ0v) is 15.8. The molecule has 0 unspecified atom stereocenters. The van der Waals surface area contributed by atoms with Crippen molar-refractivity contribution >= 4 is 17.2 Å². The van der Waals surface area contributed by atoms with Gasteiger partial charge in [-0.1, -0.05) is 19.9 Å². The fraction of sp³-hybridized carbons (Fsp3) is 0.474. The second-order valence-electron chi connectivity index (χ2n) is 5.94. The van der Waals surface area contributed by atoms with Gasteiger partial charge in [0.15, 0.2) is 0 Å². The Bertz CT molecular complexity index is 682. The van der Waals surface area contributed by atoms with Crippen LogP contribution in [-0.2, 0) is 17.9 Å². The lowest BCUT2D eigenvalue weighted by atomic mass is 10.1. The van der Waals surface area contributed by atoms with Crippen LogP contribution in [0.25, 0.3) is 0 Å². The maximum absolute atomic E-state index is 12.0. The summed E-state index contributed by atoms with van der Waals surface area (Å²) in [6, 6.07) is 6.10. The van der Waals surface area contributed by atoms with Gasteiger partial charge in [-0.05, 0) is 43.5 Å². The van der Waals surface area contributed by atoms with Gasteiger partial charge >= 0.3 is 0 Å². The molecule has 0 aliphatic heterocycles. The minimum absolute atomic E-state index is 0.179. The molecular weight excluding hydrogens is 320 g/mol. The van der Waals surface area contributed by atoms with Crippen LogP contribution in [0.5, 0.6) is 5.75 Å². The monoisotopic (exact) mass is 346 g/mol. The van der Waals surface area contributed by atoms with Crippen LogP contribution in [0, 0.1) is 13.8 Å². The molecule has 0 saturated heterocycles. The van der Waals surface area contributed by atoms with Crippen LogP contribution in [0.3, 0.4) is 0 Å². The quantitative estimate of drug-likeness (QED) is 0.707. The van der Waals surface area contributed by atoms with Crippen LogP contribution in [0.2, 0.25) is 0 Å². The number of nitrogens with zero attached hydrogens (tertiary/aromatic N) is 2. The van der Waals surface area contributed by atoms with E-state index in [9.17, 15) is 4.79 Å². The average Bonchev–Trinajstić information content (AvgIpc) is 3.02. The first-order valence-electron chi connectivity index (χ1n) is 8.44. The van der Waals surface area contributed by atoms with Crippen LogP contribution in [0.4, 0.5) is 0 Å². The lowest BCUT2D eigenvalue weighted by Crippen LogP contribution is -2.30. The van der Waals surface area contributed by atoms with Gasteiger partial charge in [-0.3, -0.25) is 4.79 Å². The Labute approximate surface area is 148 Å². The van der Waals surface area contributed by atoms with Crippen molar-refractivity contribution < 1.29 is 9.53 Å². The van der Waals surface area contributed by atoms with Crippen molar-refractivity contribution in [3.05, 3.63) is 45.4 Å². The van der Waals surface area contributed by atoms with Crippen molar-refractivity contribution in [2.75, 3.05) is 6.54 Å². The van der Waals surface area contributed by atoms with E-state index in [2.05, 4.69) is 31.8 Å². The van der Waals surface area contributed by atoms with E-state index >= 15 is 0 Å². The zero-order chi connectivity index (χ0) is 17.5. The summed E-state index contributed by atoms with van der Waals surface area (Å²) in [6.07, 6.45) is 1.49. The largest absolute Gasteiger partial charge is 0.486 e. The van der Waals surface area contributed by atoms with E-state index in [1.54, 1.807) is 11.3 Å². The molecule has 0 saturated carbocycles. The summed E-state index contributed by atoms with van der Waals surface area (Å²) in [6.45, 7) is 9.97. The number of aromatic nitrogens is 1. The first-order chi connectivity index (χ1) is 11.5. The lowest BCUT2D eigenvalue weighted by Gasteiger charge is -2.20. The van der Waals surface area contributed by atoms with Gasteiger partial charge in [-0.2, -0.15) is 0 Å². The first-order valence-corrected chi connectivity index (χ1v) is 9.32. The summed E-state index contributed by atoms with van der Waals surface area (Å²) in [4.78, 5) is 18.4. The molecule has 1 aromatic heterocycles. The predicted octanol–water partition coefficient (Wildman–Crippen LogP) is 4.49. The number of benzene rings is 1. The van der Waals surface area contributed by atoms with Crippen LogP contribution in [0.1, 0.15) is 48.5 Å². The van der Waals surface area contributed by atoms with E-state index in [0.717, 1.165) is 29.4 Å². The number of amides is 1. The lowest BCUT2D eigenvalue weighted by molar-refractivity contribution is -0.131. The molecule has 0 atom stereocenters. The number of carbonyl (C=O) groups is 1. The van der Waals surface area contributed by atoms with Gasteiger partial charge in [-0.15, -0.1) is 11.3 Å². The number of carbonyl (C=O) groups excluding carboxylic acids is 1. The molecule has 0 fully saturated rings. The molecule has 1 heterocycles. The van der Waals surface area contributed by atoms with Crippen LogP contribution < -0.4 is 4.74 Å². The third kappa shape index (κ3) is 5.06. The molecule has 0 N–H and O–H groups in total. The number of hydrogen-bond donors (Lipinski definition) is 0. The van der Waals surface area contributed by atoms with Gasteiger partial charge in [0.05, 0.1) is 12.2 Å². The highest BCUT2D eigenvalue weighted by Gasteiger charge is 2.13. The van der Waals surface area contributed by atoms with Crippen LogP contribution in [0.15, 0.2) is 23.6 Å². The summed E-state index contributed by atoms with van der Waals surface area (Å²) in [7, 11) is 0. The third-order valence-corrected chi connectivity index (χ3v) is 4.81. The van der Waals surface area contributed by atoms with Crippen LogP contribution in [-0.4, -0.2) is 22.3 Å². The maximum Gasteiger partial charge on any atom is 0.222 e. The summed E-state index contributed by atoms with van der Waals surface area (Å²) in [5.74, 6) is 1.04. The fourth-order valence-corrected chi connectivity index (χ4v) is 3.11. The molecular formula is C19H26N2O2S. The Morgan fingerprint density at radius 3 is 2.71 bits per heavy atom. The second kappa shape index (κ2) is 8.83. The van der Waals surface area contributed by atoms with Crippen molar-refractivity contribution in [1.82, 2.24) is 9.88 Å². The molecule has 1 amide bonds. The minimum atomic E-state index is 0.179.